The SMILES string of the molecule is CCCCCCCCCCCCC(=O)c1ccc(Br)cc1. The maximum atomic E-state index is 12.0. The van der Waals surface area contributed by atoms with Crippen LogP contribution in [0.2, 0.25) is 0 Å². The third-order valence-corrected chi connectivity index (χ3v) is 4.45. The summed E-state index contributed by atoms with van der Waals surface area (Å²) in [5, 5.41) is 0. The van der Waals surface area contributed by atoms with E-state index in [0.29, 0.717) is 6.42 Å². The lowest BCUT2D eigenvalue weighted by Crippen LogP contribution is -1.98. The Morgan fingerprint density at radius 3 is 1.81 bits per heavy atom. The van der Waals surface area contributed by atoms with E-state index in [9.17, 15) is 4.79 Å². The molecule has 0 aromatic heterocycles. The summed E-state index contributed by atoms with van der Waals surface area (Å²) in [6.45, 7) is 2.26. The van der Waals surface area contributed by atoms with Crippen molar-refractivity contribution in [3.63, 3.8) is 0 Å². The number of hydrogen-bond acceptors (Lipinski definition) is 1. The monoisotopic (exact) mass is 352 g/mol. The highest BCUT2D eigenvalue weighted by Crippen LogP contribution is 2.15. The van der Waals surface area contributed by atoms with Crippen molar-refractivity contribution in [1.29, 1.82) is 0 Å². The average Bonchev–Trinajstić information content (AvgIpc) is 2.49. The summed E-state index contributed by atoms with van der Waals surface area (Å²) in [4.78, 5) is 12.0. The Bertz CT molecular complexity index is 383. The van der Waals surface area contributed by atoms with Gasteiger partial charge in [0.1, 0.15) is 0 Å². The van der Waals surface area contributed by atoms with Crippen LogP contribution in [0.5, 0.6) is 0 Å². The fourth-order valence-corrected chi connectivity index (χ4v) is 2.82. The predicted octanol–water partition coefficient (Wildman–Crippen LogP) is 6.94. The molecular weight excluding hydrogens is 324 g/mol. The van der Waals surface area contributed by atoms with E-state index in [-0.39, 0.29) is 5.78 Å². The molecule has 0 N–H and O–H groups in total. The van der Waals surface area contributed by atoms with Gasteiger partial charge in [0.25, 0.3) is 0 Å². The highest BCUT2D eigenvalue weighted by Gasteiger charge is 2.04. The molecule has 0 saturated heterocycles. The Kier molecular flexibility index (Phi) is 10.5. The normalized spacial score (nSPS) is 10.8. The molecule has 1 aromatic rings. The van der Waals surface area contributed by atoms with Crippen LogP contribution in [0.15, 0.2) is 28.7 Å². The van der Waals surface area contributed by atoms with Gasteiger partial charge in [-0.05, 0) is 18.6 Å². The first-order valence-electron chi connectivity index (χ1n) is 8.53. The molecule has 0 heterocycles. The molecule has 0 spiro atoms. The highest BCUT2D eigenvalue weighted by molar-refractivity contribution is 9.10. The minimum absolute atomic E-state index is 0.280. The van der Waals surface area contributed by atoms with Gasteiger partial charge in [0.15, 0.2) is 5.78 Å². The topological polar surface area (TPSA) is 17.1 Å². The third-order valence-electron chi connectivity index (χ3n) is 3.92. The van der Waals surface area contributed by atoms with E-state index in [1.165, 1.54) is 57.8 Å². The van der Waals surface area contributed by atoms with Gasteiger partial charge in [0.05, 0.1) is 0 Å². The van der Waals surface area contributed by atoms with Gasteiger partial charge in [0, 0.05) is 16.5 Å². The van der Waals surface area contributed by atoms with Crippen molar-refractivity contribution in [1.82, 2.24) is 0 Å². The van der Waals surface area contributed by atoms with Gasteiger partial charge < -0.3 is 0 Å². The molecule has 0 atom stereocenters. The van der Waals surface area contributed by atoms with Crippen LogP contribution >= 0.6 is 15.9 Å². The summed E-state index contributed by atoms with van der Waals surface area (Å²) >= 11 is 3.39. The molecule has 21 heavy (non-hydrogen) atoms. The maximum absolute atomic E-state index is 12.0. The first-order chi connectivity index (χ1) is 10.2. The number of unbranched alkanes of at least 4 members (excludes halogenated alkanes) is 9. The molecule has 2 heteroatoms. The minimum atomic E-state index is 0.280. The fraction of sp³-hybridized carbons (Fsp3) is 0.632. The molecule has 1 nitrogen and oxygen atoms in total. The Balaban J connectivity index is 1.96. The van der Waals surface area contributed by atoms with Gasteiger partial charge in [0.2, 0.25) is 0 Å². The predicted molar refractivity (Wildman–Crippen MR) is 94.9 cm³/mol. The van der Waals surface area contributed by atoms with Crippen LogP contribution in [0.4, 0.5) is 0 Å². The smallest absolute Gasteiger partial charge is 0.162 e. The molecule has 1 rings (SSSR count). The van der Waals surface area contributed by atoms with Gasteiger partial charge in [-0.3, -0.25) is 4.79 Å². The maximum Gasteiger partial charge on any atom is 0.162 e. The van der Waals surface area contributed by atoms with Crippen molar-refractivity contribution >= 4 is 21.7 Å². The molecule has 0 aliphatic heterocycles. The lowest BCUT2D eigenvalue weighted by molar-refractivity contribution is 0.0979. The molecule has 0 aliphatic rings. The van der Waals surface area contributed by atoms with Gasteiger partial charge in [-0.15, -0.1) is 0 Å². The minimum Gasteiger partial charge on any atom is -0.294 e. The lowest BCUT2D eigenvalue weighted by Gasteiger charge is -2.03. The van der Waals surface area contributed by atoms with Crippen molar-refractivity contribution < 1.29 is 4.79 Å². The summed E-state index contributed by atoms with van der Waals surface area (Å²) in [6.07, 6.45) is 13.8. The van der Waals surface area contributed by atoms with E-state index >= 15 is 0 Å². The second kappa shape index (κ2) is 12.0. The zero-order valence-electron chi connectivity index (χ0n) is 13.4. The van der Waals surface area contributed by atoms with Gasteiger partial charge in [-0.1, -0.05) is 92.8 Å². The zero-order chi connectivity index (χ0) is 15.3. The molecule has 118 valence electrons. The third kappa shape index (κ3) is 9.08. The molecule has 1 aromatic carbocycles. The van der Waals surface area contributed by atoms with Crippen molar-refractivity contribution in [3.05, 3.63) is 34.3 Å². The summed E-state index contributed by atoms with van der Waals surface area (Å²) < 4.78 is 1.03. The summed E-state index contributed by atoms with van der Waals surface area (Å²) in [5.41, 5.74) is 0.842. The Morgan fingerprint density at radius 2 is 1.29 bits per heavy atom. The van der Waals surface area contributed by atoms with E-state index < -0.39 is 0 Å². The fourth-order valence-electron chi connectivity index (χ4n) is 2.55. The molecule has 0 saturated carbocycles. The standard InChI is InChI=1S/C19H29BrO/c1-2-3-4-5-6-7-8-9-10-11-12-19(21)17-13-15-18(20)16-14-17/h13-16H,2-12H2,1H3. The number of rotatable bonds is 12. The summed E-state index contributed by atoms with van der Waals surface area (Å²) in [5.74, 6) is 0.280. The van der Waals surface area contributed by atoms with Crippen LogP contribution in [0.25, 0.3) is 0 Å². The van der Waals surface area contributed by atoms with E-state index in [2.05, 4.69) is 22.9 Å². The van der Waals surface area contributed by atoms with Crippen LogP contribution in [-0.4, -0.2) is 5.78 Å². The van der Waals surface area contributed by atoms with Crippen LogP contribution in [0.1, 0.15) is 87.9 Å². The van der Waals surface area contributed by atoms with E-state index in [1.807, 2.05) is 24.3 Å². The van der Waals surface area contributed by atoms with Crippen LogP contribution in [0.3, 0.4) is 0 Å². The number of hydrogen-bond donors (Lipinski definition) is 0. The lowest BCUT2D eigenvalue weighted by atomic mass is 10.0. The molecule has 0 aliphatic carbocycles. The molecule has 0 unspecified atom stereocenters. The zero-order valence-corrected chi connectivity index (χ0v) is 15.0. The number of benzene rings is 1. The number of ketones is 1. The molecule has 0 bridgehead atoms. The average molecular weight is 353 g/mol. The van der Waals surface area contributed by atoms with Crippen LogP contribution in [0, 0.1) is 0 Å². The largest absolute Gasteiger partial charge is 0.294 e. The number of carbonyl (C=O) groups is 1. The number of halogens is 1. The summed E-state index contributed by atoms with van der Waals surface area (Å²) in [7, 11) is 0. The molecule has 0 radical (unpaired) electrons. The first kappa shape index (κ1) is 18.4. The van der Waals surface area contributed by atoms with Crippen molar-refractivity contribution in [3.8, 4) is 0 Å². The van der Waals surface area contributed by atoms with Crippen molar-refractivity contribution in [2.45, 2.75) is 77.6 Å². The van der Waals surface area contributed by atoms with E-state index in [0.717, 1.165) is 16.5 Å². The highest BCUT2D eigenvalue weighted by atomic mass is 79.9. The first-order valence-corrected chi connectivity index (χ1v) is 9.32. The Hall–Kier alpha value is -0.630. The quantitative estimate of drug-likeness (QED) is 0.294. The van der Waals surface area contributed by atoms with E-state index in [4.69, 9.17) is 0 Å². The number of carbonyl (C=O) groups excluding carboxylic acids is 1. The summed E-state index contributed by atoms with van der Waals surface area (Å²) in [6, 6.07) is 7.68. The van der Waals surface area contributed by atoms with Crippen LogP contribution < -0.4 is 0 Å². The second-order valence-corrected chi connectivity index (χ2v) is 6.78. The van der Waals surface area contributed by atoms with E-state index in [1.54, 1.807) is 0 Å². The molecule has 0 fully saturated rings. The van der Waals surface area contributed by atoms with Crippen LogP contribution in [-0.2, 0) is 0 Å². The molecule has 0 amide bonds. The van der Waals surface area contributed by atoms with Gasteiger partial charge in [-0.2, -0.15) is 0 Å². The van der Waals surface area contributed by atoms with Crippen molar-refractivity contribution in [2.75, 3.05) is 0 Å². The van der Waals surface area contributed by atoms with Gasteiger partial charge in [-0.25, -0.2) is 0 Å². The second-order valence-electron chi connectivity index (χ2n) is 5.86. The Morgan fingerprint density at radius 1 is 0.810 bits per heavy atom. The Labute approximate surface area is 138 Å². The molecular formula is C19H29BrO. The number of Topliss-reactive ketones (excluding diaryl/α,β-unsaturated/α-hetero) is 1. The van der Waals surface area contributed by atoms with Crippen molar-refractivity contribution in [2.24, 2.45) is 0 Å². The van der Waals surface area contributed by atoms with Gasteiger partial charge >= 0.3 is 0 Å².